The number of rotatable bonds is 3. The Bertz CT molecular complexity index is 556. The van der Waals surface area contributed by atoms with E-state index in [4.69, 9.17) is 10.2 Å². The highest BCUT2D eigenvalue weighted by atomic mass is 16.3. The van der Waals surface area contributed by atoms with Crippen molar-refractivity contribution in [3.05, 3.63) is 24.1 Å². The van der Waals surface area contributed by atoms with Crippen LogP contribution in [0, 0.1) is 5.92 Å². The van der Waals surface area contributed by atoms with Crippen molar-refractivity contribution >= 4 is 16.8 Å². The van der Waals surface area contributed by atoms with Crippen molar-refractivity contribution in [1.82, 2.24) is 9.88 Å². The largest absolute Gasteiger partial charge is 0.439 e. The summed E-state index contributed by atoms with van der Waals surface area (Å²) in [6.07, 6.45) is 3.89. The van der Waals surface area contributed by atoms with E-state index in [1.54, 1.807) is 0 Å². The summed E-state index contributed by atoms with van der Waals surface area (Å²) in [7, 11) is 0. The van der Waals surface area contributed by atoms with Gasteiger partial charge in [-0.1, -0.05) is 13.3 Å². The number of oxazole rings is 1. The number of nitrogen functional groups attached to an aromatic ring is 1. The van der Waals surface area contributed by atoms with Crippen molar-refractivity contribution in [2.45, 2.75) is 32.7 Å². The second-order valence-corrected chi connectivity index (χ2v) is 5.46. The summed E-state index contributed by atoms with van der Waals surface area (Å²) in [4.78, 5) is 6.95. The predicted molar refractivity (Wildman–Crippen MR) is 76.7 cm³/mol. The maximum absolute atomic E-state index is 5.77. The van der Waals surface area contributed by atoms with Crippen molar-refractivity contribution in [3.63, 3.8) is 0 Å². The van der Waals surface area contributed by atoms with Gasteiger partial charge in [-0.05, 0) is 44.0 Å². The van der Waals surface area contributed by atoms with E-state index in [0.717, 1.165) is 48.2 Å². The molecule has 1 aromatic carbocycles. The van der Waals surface area contributed by atoms with Gasteiger partial charge in [0.15, 0.2) is 5.58 Å². The number of nitrogens with two attached hydrogens (primary N) is 1. The third-order valence-electron chi connectivity index (χ3n) is 4.10. The van der Waals surface area contributed by atoms with Gasteiger partial charge >= 0.3 is 0 Å². The summed E-state index contributed by atoms with van der Waals surface area (Å²) in [5.41, 5.74) is 8.16. The fourth-order valence-electron chi connectivity index (χ4n) is 2.80. The molecule has 0 atom stereocenters. The van der Waals surface area contributed by atoms with Crippen LogP contribution >= 0.6 is 0 Å². The van der Waals surface area contributed by atoms with Crippen molar-refractivity contribution in [1.29, 1.82) is 0 Å². The summed E-state index contributed by atoms with van der Waals surface area (Å²) < 4.78 is 5.77. The van der Waals surface area contributed by atoms with E-state index in [0.29, 0.717) is 0 Å². The zero-order chi connectivity index (χ0) is 13.2. The highest BCUT2D eigenvalue weighted by Gasteiger charge is 2.19. The van der Waals surface area contributed by atoms with Gasteiger partial charge in [-0.15, -0.1) is 0 Å². The maximum atomic E-state index is 5.77. The molecule has 0 radical (unpaired) electrons. The number of aromatic nitrogens is 1. The smallest absolute Gasteiger partial charge is 0.209 e. The Morgan fingerprint density at radius 2 is 2.16 bits per heavy atom. The van der Waals surface area contributed by atoms with Crippen molar-refractivity contribution in [2.75, 3.05) is 18.8 Å². The number of hydrogen-bond donors (Lipinski definition) is 1. The SMILES string of the molecule is CCC1CCN(Cc2nc3ccc(N)cc3o2)CC1. The van der Waals surface area contributed by atoms with Crippen LogP contribution in [0.2, 0.25) is 0 Å². The Morgan fingerprint density at radius 3 is 2.89 bits per heavy atom. The molecule has 4 heteroatoms. The van der Waals surface area contributed by atoms with E-state index in [1.807, 2.05) is 18.2 Å². The molecule has 0 amide bonds. The number of likely N-dealkylation sites (tertiary alicyclic amines) is 1. The van der Waals surface area contributed by atoms with Gasteiger partial charge in [0, 0.05) is 11.8 Å². The second kappa shape index (κ2) is 5.21. The lowest BCUT2D eigenvalue weighted by Gasteiger charge is -2.30. The van der Waals surface area contributed by atoms with Gasteiger partial charge in [0.05, 0.1) is 6.54 Å². The molecular formula is C15H21N3O. The minimum atomic E-state index is 0.721. The fourth-order valence-corrected chi connectivity index (χ4v) is 2.80. The molecule has 1 aliphatic heterocycles. The minimum absolute atomic E-state index is 0.721. The predicted octanol–water partition coefficient (Wildman–Crippen LogP) is 3.03. The molecule has 2 N–H and O–H groups in total. The Hall–Kier alpha value is -1.55. The summed E-state index contributed by atoms with van der Waals surface area (Å²) in [6.45, 7) is 5.40. The standard InChI is InChI=1S/C15H21N3O/c1-2-11-5-7-18(8-6-11)10-15-17-13-4-3-12(16)9-14(13)19-15/h3-4,9,11H,2,5-8,10,16H2,1H3. The van der Waals surface area contributed by atoms with Gasteiger partial charge in [-0.2, -0.15) is 0 Å². The van der Waals surface area contributed by atoms with E-state index in [9.17, 15) is 0 Å². The molecule has 1 aromatic heterocycles. The zero-order valence-corrected chi connectivity index (χ0v) is 11.4. The summed E-state index contributed by atoms with van der Waals surface area (Å²) in [5.74, 6) is 1.70. The van der Waals surface area contributed by atoms with Crippen LogP contribution in [-0.4, -0.2) is 23.0 Å². The van der Waals surface area contributed by atoms with Gasteiger partial charge in [-0.25, -0.2) is 4.98 Å². The lowest BCUT2D eigenvalue weighted by Crippen LogP contribution is -2.33. The van der Waals surface area contributed by atoms with Crippen LogP contribution in [0.5, 0.6) is 0 Å². The average Bonchev–Trinajstić information content (AvgIpc) is 2.81. The first-order valence-electron chi connectivity index (χ1n) is 7.12. The average molecular weight is 259 g/mol. The van der Waals surface area contributed by atoms with E-state index < -0.39 is 0 Å². The Kier molecular flexibility index (Phi) is 3.42. The molecule has 1 aliphatic rings. The van der Waals surface area contributed by atoms with E-state index in [-0.39, 0.29) is 0 Å². The zero-order valence-electron chi connectivity index (χ0n) is 11.4. The quantitative estimate of drug-likeness (QED) is 0.861. The molecular weight excluding hydrogens is 238 g/mol. The number of piperidine rings is 1. The third-order valence-corrected chi connectivity index (χ3v) is 4.10. The molecule has 102 valence electrons. The first-order chi connectivity index (χ1) is 9.24. The minimum Gasteiger partial charge on any atom is -0.439 e. The van der Waals surface area contributed by atoms with Gasteiger partial charge < -0.3 is 10.2 Å². The molecule has 2 heterocycles. The van der Waals surface area contributed by atoms with Crippen molar-refractivity contribution < 1.29 is 4.42 Å². The second-order valence-electron chi connectivity index (χ2n) is 5.46. The molecule has 1 saturated heterocycles. The molecule has 0 spiro atoms. The molecule has 1 fully saturated rings. The molecule has 0 unspecified atom stereocenters. The van der Waals surface area contributed by atoms with Crippen LogP contribution in [0.15, 0.2) is 22.6 Å². The first-order valence-corrected chi connectivity index (χ1v) is 7.12. The van der Waals surface area contributed by atoms with Gasteiger partial charge in [0.25, 0.3) is 0 Å². The number of benzene rings is 1. The Balaban J connectivity index is 1.68. The van der Waals surface area contributed by atoms with Crippen molar-refractivity contribution in [3.8, 4) is 0 Å². The van der Waals surface area contributed by atoms with E-state index in [1.165, 1.54) is 19.3 Å². The number of nitrogens with zero attached hydrogens (tertiary/aromatic N) is 2. The maximum Gasteiger partial charge on any atom is 0.209 e. The van der Waals surface area contributed by atoms with Crippen LogP contribution in [-0.2, 0) is 6.54 Å². The molecule has 3 rings (SSSR count). The van der Waals surface area contributed by atoms with Crippen LogP contribution in [0.25, 0.3) is 11.1 Å². The number of hydrogen-bond acceptors (Lipinski definition) is 4. The third kappa shape index (κ3) is 2.73. The first kappa shape index (κ1) is 12.5. The van der Waals surface area contributed by atoms with E-state index >= 15 is 0 Å². The normalized spacial score (nSPS) is 18.2. The highest BCUT2D eigenvalue weighted by molar-refractivity contribution is 5.76. The van der Waals surface area contributed by atoms with Crippen LogP contribution in [0.3, 0.4) is 0 Å². The molecule has 0 saturated carbocycles. The van der Waals surface area contributed by atoms with Gasteiger partial charge in [-0.3, -0.25) is 4.90 Å². The van der Waals surface area contributed by atoms with E-state index in [2.05, 4.69) is 16.8 Å². The lowest BCUT2D eigenvalue weighted by atomic mass is 9.94. The van der Waals surface area contributed by atoms with Crippen LogP contribution < -0.4 is 5.73 Å². The fraction of sp³-hybridized carbons (Fsp3) is 0.533. The Morgan fingerprint density at radius 1 is 1.37 bits per heavy atom. The molecule has 4 nitrogen and oxygen atoms in total. The number of anilines is 1. The Labute approximate surface area is 113 Å². The number of fused-ring (bicyclic) bond motifs is 1. The highest BCUT2D eigenvalue weighted by Crippen LogP contribution is 2.23. The van der Waals surface area contributed by atoms with Gasteiger partial charge in [0.1, 0.15) is 5.52 Å². The summed E-state index contributed by atoms with van der Waals surface area (Å²) >= 11 is 0. The molecule has 0 aliphatic carbocycles. The summed E-state index contributed by atoms with van der Waals surface area (Å²) in [6, 6.07) is 5.62. The van der Waals surface area contributed by atoms with Gasteiger partial charge in [0.2, 0.25) is 5.89 Å². The topological polar surface area (TPSA) is 55.3 Å². The molecule has 2 aromatic rings. The molecule has 0 bridgehead atoms. The lowest BCUT2D eigenvalue weighted by molar-refractivity contribution is 0.163. The van der Waals surface area contributed by atoms with Crippen molar-refractivity contribution in [2.24, 2.45) is 5.92 Å². The molecule has 19 heavy (non-hydrogen) atoms. The van der Waals surface area contributed by atoms with Crippen LogP contribution in [0.4, 0.5) is 5.69 Å². The van der Waals surface area contributed by atoms with Crippen LogP contribution in [0.1, 0.15) is 32.1 Å². The monoisotopic (exact) mass is 259 g/mol. The summed E-state index contributed by atoms with van der Waals surface area (Å²) in [5, 5.41) is 0.